The molecule has 0 atom stereocenters. The molecule has 3 rings (SSSR count). The van der Waals surface area contributed by atoms with Gasteiger partial charge in [0.25, 0.3) is 0 Å². The lowest BCUT2D eigenvalue weighted by Gasteiger charge is -2.22. The summed E-state index contributed by atoms with van der Waals surface area (Å²) >= 11 is 0. The van der Waals surface area contributed by atoms with Crippen molar-refractivity contribution in [3.8, 4) is 0 Å². The topological polar surface area (TPSA) is 71.8 Å². The number of urea groups is 1. The monoisotopic (exact) mass is 299 g/mol. The molecule has 0 saturated heterocycles. The largest absolute Gasteiger partial charge is 0.335 e. The number of amides is 2. The Kier molecular flexibility index (Phi) is 4.68. The second-order valence-corrected chi connectivity index (χ2v) is 5.72. The summed E-state index contributed by atoms with van der Waals surface area (Å²) in [6.45, 7) is 0.675. The number of rotatable bonds is 4. The first-order valence-electron chi connectivity index (χ1n) is 7.78. The zero-order chi connectivity index (χ0) is 15.2. The van der Waals surface area contributed by atoms with E-state index in [9.17, 15) is 4.79 Å². The van der Waals surface area contributed by atoms with Crippen LogP contribution in [0.3, 0.4) is 0 Å². The number of aromatic nitrogens is 3. The summed E-state index contributed by atoms with van der Waals surface area (Å²) in [5.41, 5.74) is 1.92. The van der Waals surface area contributed by atoms with Gasteiger partial charge in [-0.05, 0) is 30.5 Å². The van der Waals surface area contributed by atoms with Crippen LogP contribution >= 0.6 is 0 Å². The van der Waals surface area contributed by atoms with Gasteiger partial charge < -0.3 is 10.6 Å². The van der Waals surface area contributed by atoms with E-state index in [4.69, 9.17) is 0 Å². The molecule has 116 valence electrons. The number of carbonyl (C=O) groups is 1. The van der Waals surface area contributed by atoms with Crippen LogP contribution in [0.2, 0.25) is 0 Å². The molecule has 0 bridgehead atoms. The maximum atomic E-state index is 12.0. The molecule has 1 heterocycles. The van der Waals surface area contributed by atoms with Gasteiger partial charge in [-0.25, -0.2) is 14.5 Å². The Bertz CT molecular complexity index is 588. The molecule has 1 aromatic heterocycles. The van der Waals surface area contributed by atoms with Crippen molar-refractivity contribution in [2.75, 3.05) is 5.32 Å². The zero-order valence-electron chi connectivity index (χ0n) is 12.5. The number of carbonyl (C=O) groups excluding carboxylic acids is 1. The first-order valence-corrected chi connectivity index (χ1v) is 7.78. The molecule has 6 heteroatoms. The predicted octanol–water partition coefficient (Wildman–Crippen LogP) is 2.78. The fourth-order valence-electron chi connectivity index (χ4n) is 2.79. The van der Waals surface area contributed by atoms with Gasteiger partial charge >= 0.3 is 6.03 Å². The van der Waals surface area contributed by atoms with Gasteiger partial charge in [0.1, 0.15) is 12.7 Å². The highest BCUT2D eigenvalue weighted by atomic mass is 16.2. The lowest BCUT2D eigenvalue weighted by Crippen LogP contribution is -2.38. The van der Waals surface area contributed by atoms with Crippen molar-refractivity contribution in [3.05, 3.63) is 42.5 Å². The number of benzene rings is 1. The molecular formula is C16H21N5O. The highest BCUT2D eigenvalue weighted by Gasteiger charge is 2.15. The molecule has 0 spiro atoms. The molecule has 1 saturated carbocycles. The van der Waals surface area contributed by atoms with Crippen molar-refractivity contribution in [2.45, 2.75) is 44.7 Å². The SMILES string of the molecule is O=C(Nc1ccc(Cn2cncn2)cc1)NC1CCCCC1. The Morgan fingerprint density at radius 2 is 1.95 bits per heavy atom. The average Bonchev–Trinajstić information content (AvgIpc) is 3.03. The van der Waals surface area contributed by atoms with Crippen LogP contribution < -0.4 is 10.6 Å². The molecule has 22 heavy (non-hydrogen) atoms. The second kappa shape index (κ2) is 7.06. The van der Waals surface area contributed by atoms with Crippen molar-refractivity contribution in [1.82, 2.24) is 20.1 Å². The van der Waals surface area contributed by atoms with Crippen LogP contribution in [0, 0.1) is 0 Å². The van der Waals surface area contributed by atoms with Crippen LogP contribution in [0.25, 0.3) is 0 Å². The zero-order valence-corrected chi connectivity index (χ0v) is 12.5. The number of hydrogen-bond donors (Lipinski definition) is 2. The molecule has 2 aromatic rings. The third-order valence-corrected chi connectivity index (χ3v) is 3.96. The summed E-state index contributed by atoms with van der Waals surface area (Å²) in [7, 11) is 0. The van der Waals surface area contributed by atoms with Gasteiger partial charge in [-0.1, -0.05) is 31.4 Å². The van der Waals surface area contributed by atoms with E-state index in [0.717, 1.165) is 24.1 Å². The lowest BCUT2D eigenvalue weighted by molar-refractivity contribution is 0.244. The minimum atomic E-state index is -0.115. The Hall–Kier alpha value is -2.37. The average molecular weight is 299 g/mol. The molecule has 1 aliphatic rings. The van der Waals surface area contributed by atoms with Crippen LogP contribution in [0.4, 0.5) is 10.5 Å². The third-order valence-electron chi connectivity index (χ3n) is 3.96. The van der Waals surface area contributed by atoms with Gasteiger partial charge in [0, 0.05) is 11.7 Å². The molecule has 1 fully saturated rings. The summed E-state index contributed by atoms with van der Waals surface area (Å²) in [5, 5.41) is 10.0. The Morgan fingerprint density at radius 1 is 1.18 bits per heavy atom. The maximum Gasteiger partial charge on any atom is 0.319 e. The van der Waals surface area contributed by atoms with Crippen molar-refractivity contribution in [3.63, 3.8) is 0 Å². The number of anilines is 1. The Labute approximate surface area is 129 Å². The minimum Gasteiger partial charge on any atom is -0.335 e. The number of nitrogens with one attached hydrogen (secondary N) is 2. The normalized spacial score (nSPS) is 15.5. The molecule has 2 N–H and O–H groups in total. The molecule has 2 amide bonds. The van der Waals surface area contributed by atoms with Gasteiger partial charge in [-0.2, -0.15) is 5.10 Å². The van der Waals surface area contributed by atoms with Crippen molar-refractivity contribution in [2.24, 2.45) is 0 Å². The molecular weight excluding hydrogens is 278 g/mol. The summed E-state index contributed by atoms with van der Waals surface area (Å²) in [6.07, 6.45) is 9.08. The van der Waals surface area contributed by atoms with Gasteiger partial charge in [0.05, 0.1) is 6.54 Å². The van der Waals surface area contributed by atoms with Crippen LogP contribution in [0.5, 0.6) is 0 Å². The van der Waals surface area contributed by atoms with E-state index in [1.807, 2.05) is 24.3 Å². The fraction of sp³-hybridized carbons (Fsp3) is 0.438. The first kappa shape index (κ1) is 14.6. The molecule has 6 nitrogen and oxygen atoms in total. The molecule has 0 unspecified atom stereocenters. The number of hydrogen-bond acceptors (Lipinski definition) is 3. The molecule has 0 radical (unpaired) electrons. The van der Waals surface area contributed by atoms with Gasteiger partial charge in [0.2, 0.25) is 0 Å². The third kappa shape index (κ3) is 4.07. The van der Waals surface area contributed by atoms with Crippen LogP contribution in [-0.2, 0) is 6.54 Å². The fourth-order valence-corrected chi connectivity index (χ4v) is 2.79. The van der Waals surface area contributed by atoms with Gasteiger partial charge in [-0.15, -0.1) is 0 Å². The summed E-state index contributed by atoms with van der Waals surface area (Å²) in [6, 6.07) is 7.99. The summed E-state index contributed by atoms with van der Waals surface area (Å²) in [4.78, 5) is 15.9. The van der Waals surface area contributed by atoms with Crippen molar-refractivity contribution in [1.29, 1.82) is 0 Å². The smallest absolute Gasteiger partial charge is 0.319 e. The molecule has 1 aromatic carbocycles. The standard InChI is InChI=1S/C16H21N5O/c22-16(19-14-4-2-1-3-5-14)20-15-8-6-13(7-9-15)10-21-12-17-11-18-21/h6-9,11-12,14H,1-5,10H2,(H2,19,20,22). The van der Waals surface area contributed by atoms with E-state index in [1.54, 1.807) is 11.0 Å². The van der Waals surface area contributed by atoms with Gasteiger partial charge in [-0.3, -0.25) is 0 Å². The van der Waals surface area contributed by atoms with Crippen LogP contribution in [-0.4, -0.2) is 26.8 Å². The highest BCUT2D eigenvalue weighted by Crippen LogP contribution is 2.17. The Morgan fingerprint density at radius 3 is 2.64 bits per heavy atom. The maximum absolute atomic E-state index is 12.0. The Balaban J connectivity index is 1.50. The van der Waals surface area contributed by atoms with E-state index in [0.29, 0.717) is 12.6 Å². The van der Waals surface area contributed by atoms with E-state index in [-0.39, 0.29) is 6.03 Å². The van der Waals surface area contributed by atoms with Crippen LogP contribution in [0.1, 0.15) is 37.7 Å². The first-order chi connectivity index (χ1) is 10.8. The second-order valence-electron chi connectivity index (χ2n) is 5.72. The van der Waals surface area contributed by atoms with E-state index in [2.05, 4.69) is 20.7 Å². The molecule has 0 aliphatic heterocycles. The predicted molar refractivity (Wildman–Crippen MR) is 84.6 cm³/mol. The minimum absolute atomic E-state index is 0.115. The van der Waals surface area contributed by atoms with Gasteiger partial charge in [0.15, 0.2) is 0 Å². The summed E-state index contributed by atoms with van der Waals surface area (Å²) in [5.74, 6) is 0. The lowest BCUT2D eigenvalue weighted by atomic mass is 9.96. The molecule has 1 aliphatic carbocycles. The van der Waals surface area contributed by atoms with Crippen molar-refractivity contribution >= 4 is 11.7 Å². The highest BCUT2D eigenvalue weighted by molar-refractivity contribution is 5.89. The van der Waals surface area contributed by atoms with E-state index >= 15 is 0 Å². The van der Waals surface area contributed by atoms with Crippen LogP contribution in [0.15, 0.2) is 36.9 Å². The van der Waals surface area contributed by atoms with Crippen molar-refractivity contribution < 1.29 is 4.79 Å². The summed E-state index contributed by atoms with van der Waals surface area (Å²) < 4.78 is 1.76. The quantitative estimate of drug-likeness (QED) is 0.912. The van der Waals surface area contributed by atoms with E-state index in [1.165, 1.54) is 25.6 Å². The van der Waals surface area contributed by atoms with E-state index < -0.39 is 0 Å². The number of nitrogens with zero attached hydrogens (tertiary/aromatic N) is 3.